The predicted octanol–water partition coefficient (Wildman–Crippen LogP) is 3.79. The minimum absolute atomic E-state index is 0.0331. The quantitative estimate of drug-likeness (QED) is 0.244. The van der Waals surface area contributed by atoms with E-state index in [9.17, 15) is 29.6 Å². The Morgan fingerprint density at radius 1 is 0.933 bits per heavy atom. The third-order valence-electron chi connectivity index (χ3n) is 3.92. The van der Waals surface area contributed by atoms with Gasteiger partial charge in [0.1, 0.15) is 17.6 Å². The molecule has 0 aromatic heterocycles. The van der Waals surface area contributed by atoms with Gasteiger partial charge in [-0.1, -0.05) is 0 Å². The summed E-state index contributed by atoms with van der Waals surface area (Å²) in [6.45, 7) is -0.275. The molecule has 3 rings (SSSR count). The van der Waals surface area contributed by atoms with E-state index in [1.54, 1.807) is 0 Å². The largest absolute Gasteiger partial charge is 0.587 e. The molecule has 12 nitrogen and oxygen atoms in total. The van der Waals surface area contributed by atoms with E-state index in [-0.39, 0.29) is 35.9 Å². The van der Waals surface area contributed by atoms with Crippen LogP contribution in [0.4, 0.5) is 11.4 Å². The van der Waals surface area contributed by atoms with E-state index in [0.29, 0.717) is 6.42 Å². The van der Waals surface area contributed by atoms with Crippen molar-refractivity contribution in [3.63, 3.8) is 0 Å². The molecule has 13 heteroatoms. The first-order valence-electron chi connectivity index (χ1n) is 8.56. The van der Waals surface area contributed by atoms with Gasteiger partial charge in [-0.05, 0) is 30.7 Å². The topological polar surface area (TPSA) is 157 Å². The molecule has 30 heavy (non-hydrogen) atoms. The lowest BCUT2D eigenvalue weighted by Crippen LogP contribution is -2.17. The first kappa shape index (κ1) is 21.2. The van der Waals surface area contributed by atoms with Crippen LogP contribution in [0, 0.1) is 20.2 Å². The molecule has 0 amide bonds. The van der Waals surface area contributed by atoms with Crippen molar-refractivity contribution in [1.29, 1.82) is 0 Å². The number of carbonyl (C=O) groups is 1. The molecule has 2 aromatic rings. The zero-order valence-corrected chi connectivity index (χ0v) is 16.1. The van der Waals surface area contributed by atoms with Gasteiger partial charge in [-0.2, -0.15) is 0 Å². The van der Waals surface area contributed by atoms with E-state index in [1.807, 2.05) is 0 Å². The molecular formula is C17H15N2O10P. The summed E-state index contributed by atoms with van der Waals surface area (Å²) >= 11 is 0. The van der Waals surface area contributed by atoms with E-state index in [2.05, 4.69) is 0 Å². The lowest BCUT2D eigenvalue weighted by Gasteiger charge is -2.20. The Balaban J connectivity index is 1.77. The van der Waals surface area contributed by atoms with Crippen LogP contribution in [0.1, 0.15) is 12.8 Å². The zero-order valence-electron chi connectivity index (χ0n) is 15.2. The molecule has 0 radical (unpaired) electrons. The Labute approximate surface area is 169 Å². The zero-order chi connectivity index (χ0) is 21.7. The highest BCUT2D eigenvalue weighted by Gasteiger charge is 2.34. The molecule has 0 N–H and O–H groups in total. The molecule has 158 valence electrons. The Bertz CT molecular complexity index is 929. The van der Waals surface area contributed by atoms with Crippen molar-refractivity contribution in [2.24, 2.45) is 0 Å². The number of esters is 1. The van der Waals surface area contributed by atoms with Gasteiger partial charge < -0.3 is 13.8 Å². The summed E-state index contributed by atoms with van der Waals surface area (Å²) in [7, 11) is -4.34. The molecule has 1 saturated heterocycles. The van der Waals surface area contributed by atoms with Crippen LogP contribution in [-0.4, -0.2) is 28.5 Å². The van der Waals surface area contributed by atoms with Gasteiger partial charge in [-0.25, -0.2) is 4.57 Å². The Morgan fingerprint density at radius 2 is 1.40 bits per heavy atom. The van der Waals surface area contributed by atoms with Crippen LogP contribution in [0.3, 0.4) is 0 Å². The predicted molar refractivity (Wildman–Crippen MR) is 100 cm³/mol. The van der Waals surface area contributed by atoms with Crippen molar-refractivity contribution in [2.45, 2.75) is 18.9 Å². The van der Waals surface area contributed by atoms with Gasteiger partial charge in [0.2, 0.25) is 0 Å². The molecule has 0 bridgehead atoms. The number of carbonyl (C=O) groups excluding carboxylic acids is 1. The SMILES string of the molecule is O=C1CCC(COP(=O)(Oc2ccc([N+](=O)[O-])cc2)Oc2ccc([N+](=O)[O-])cc2)O1. The monoisotopic (exact) mass is 438 g/mol. The van der Waals surface area contributed by atoms with Crippen LogP contribution >= 0.6 is 7.82 Å². The third-order valence-corrected chi connectivity index (χ3v) is 5.25. The van der Waals surface area contributed by atoms with Crippen LogP contribution in [0.25, 0.3) is 0 Å². The van der Waals surface area contributed by atoms with Gasteiger partial charge in [0.15, 0.2) is 0 Å². The molecule has 0 aliphatic carbocycles. The fourth-order valence-corrected chi connectivity index (χ4v) is 3.71. The number of benzene rings is 2. The molecule has 0 saturated carbocycles. The second-order valence-corrected chi connectivity index (χ2v) is 7.60. The fourth-order valence-electron chi connectivity index (χ4n) is 2.46. The van der Waals surface area contributed by atoms with E-state index in [0.717, 1.165) is 24.3 Å². The van der Waals surface area contributed by atoms with E-state index < -0.39 is 29.7 Å². The first-order chi connectivity index (χ1) is 14.2. The van der Waals surface area contributed by atoms with Crippen LogP contribution < -0.4 is 9.05 Å². The van der Waals surface area contributed by atoms with Crippen molar-refractivity contribution < 1.29 is 37.5 Å². The molecule has 1 aliphatic heterocycles. The van der Waals surface area contributed by atoms with Crippen molar-refractivity contribution in [3.8, 4) is 11.5 Å². The Hall–Kier alpha value is -3.50. The van der Waals surface area contributed by atoms with Crippen molar-refractivity contribution in [2.75, 3.05) is 6.61 Å². The average molecular weight is 438 g/mol. The average Bonchev–Trinajstić information content (AvgIpc) is 3.12. The second kappa shape index (κ2) is 8.89. The van der Waals surface area contributed by atoms with Crippen molar-refractivity contribution in [1.82, 2.24) is 0 Å². The maximum absolute atomic E-state index is 13.2. The van der Waals surface area contributed by atoms with Crippen molar-refractivity contribution >= 4 is 25.2 Å². The van der Waals surface area contributed by atoms with Crippen LogP contribution in [0.5, 0.6) is 11.5 Å². The molecule has 1 atom stereocenters. The van der Waals surface area contributed by atoms with Crippen LogP contribution in [0.15, 0.2) is 48.5 Å². The maximum Gasteiger partial charge on any atom is 0.587 e. The van der Waals surface area contributed by atoms with Gasteiger partial charge in [0.05, 0.1) is 16.5 Å². The van der Waals surface area contributed by atoms with Gasteiger partial charge in [-0.15, -0.1) is 0 Å². The smallest absolute Gasteiger partial charge is 0.460 e. The van der Waals surface area contributed by atoms with Crippen LogP contribution in [0.2, 0.25) is 0 Å². The molecule has 1 unspecified atom stereocenters. The fraction of sp³-hybridized carbons (Fsp3) is 0.235. The standard InChI is InChI=1S/C17H15N2O10P/c20-17-10-9-16(27-17)11-26-30(25,28-14-5-1-12(2-6-14)18(21)22)29-15-7-3-13(4-8-15)19(23)24/h1-8,16H,9-11H2. The van der Waals surface area contributed by atoms with Gasteiger partial charge in [-0.3, -0.25) is 29.5 Å². The number of cyclic esters (lactones) is 1. The van der Waals surface area contributed by atoms with Crippen molar-refractivity contribution in [3.05, 3.63) is 68.8 Å². The lowest BCUT2D eigenvalue weighted by molar-refractivity contribution is -0.385. The molecule has 2 aromatic carbocycles. The summed E-state index contributed by atoms with van der Waals surface area (Å²) in [6, 6.07) is 9.42. The minimum Gasteiger partial charge on any atom is -0.460 e. The first-order valence-corrected chi connectivity index (χ1v) is 10.0. The number of nitro groups is 2. The highest BCUT2D eigenvalue weighted by molar-refractivity contribution is 7.49. The van der Waals surface area contributed by atoms with Gasteiger partial charge in [0, 0.05) is 30.7 Å². The minimum atomic E-state index is -4.34. The molecule has 1 aliphatic rings. The number of phosphoric acid groups is 1. The number of hydrogen-bond donors (Lipinski definition) is 0. The van der Waals surface area contributed by atoms with E-state index in [1.165, 1.54) is 24.3 Å². The van der Waals surface area contributed by atoms with Gasteiger partial charge in [0.25, 0.3) is 11.4 Å². The maximum atomic E-state index is 13.2. The number of rotatable bonds is 9. The highest BCUT2D eigenvalue weighted by Crippen LogP contribution is 2.50. The lowest BCUT2D eigenvalue weighted by atomic mass is 10.2. The summed E-state index contributed by atoms with van der Waals surface area (Å²) in [6.07, 6.45) is -0.0645. The summed E-state index contributed by atoms with van der Waals surface area (Å²) < 4.78 is 34.1. The molecule has 0 spiro atoms. The summed E-state index contributed by atoms with van der Waals surface area (Å²) in [4.78, 5) is 31.5. The number of phosphoric ester groups is 1. The summed E-state index contributed by atoms with van der Waals surface area (Å²) in [5, 5.41) is 21.5. The second-order valence-electron chi connectivity index (χ2n) is 6.08. The molecule has 1 fully saturated rings. The molecular weight excluding hydrogens is 423 g/mol. The van der Waals surface area contributed by atoms with E-state index in [4.69, 9.17) is 18.3 Å². The number of nitrogens with zero attached hydrogens (tertiary/aromatic N) is 2. The van der Waals surface area contributed by atoms with Crippen LogP contribution in [-0.2, 0) is 18.6 Å². The Morgan fingerprint density at radius 3 is 1.77 bits per heavy atom. The number of non-ortho nitro benzene ring substituents is 2. The number of nitro benzene ring substituents is 2. The van der Waals surface area contributed by atoms with Gasteiger partial charge >= 0.3 is 13.8 Å². The molecule has 1 heterocycles. The third kappa shape index (κ3) is 5.52. The summed E-state index contributed by atoms with van der Waals surface area (Å²) in [5.41, 5.74) is -0.403. The summed E-state index contributed by atoms with van der Waals surface area (Å²) in [5.74, 6) is -0.477. The number of ether oxygens (including phenoxy) is 1. The highest BCUT2D eigenvalue weighted by atomic mass is 31.2. The van der Waals surface area contributed by atoms with E-state index >= 15 is 0 Å². The number of hydrogen-bond acceptors (Lipinski definition) is 10. The Kier molecular flexibility index (Phi) is 6.28. The normalized spacial score (nSPS) is 16.0.